The third-order valence-corrected chi connectivity index (χ3v) is 4.97. The molecule has 0 bridgehead atoms. The number of nitrogens with zero attached hydrogens (tertiary/aromatic N) is 4. The van der Waals surface area contributed by atoms with Gasteiger partial charge in [0.25, 0.3) is 0 Å². The number of benzene rings is 1. The summed E-state index contributed by atoms with van der Waals surface area (Å²) < 4.78 is 0. The van der Waals surface area contributed by atoms with Crippen molar-refractivity contribution in [2.75, 3.05) is 0 Å². The van der Waals surface area contributed by atoms with Gasteiger partial charge in [0.05, 0.1) is 22.8 Å². The summed E-state index contributed by atoms with van der Waals surface area (Å²) in [5, 5.41) is 0. The Morgan fingerprint density at radius 1 is 0.353 bits per heavy atom. The first kappa shape index (κ1) is 20.8. The molecule has 0 spiro atoms. The smallest absolute Gasteiger partial charge is 0.0887 e. The predicted molar refractivity (Wildman–Crippen MR) is 133 cm³/mol. The lowest BCUT2D eigenvalue weighted by molar-refractivity contribution is 1.24. The molecule has 1 aromatic carbocycles. The maximum absolute atomic E-state index is 4.46. The van der Waals surface area contributed by atoms with Crippen molar-refractivity contribution in [1.82, 2.24) is 19.9 Å². The summed E-state index contributed by atoms with van der Waals surface area (Å²) in [5.41, 5.74) is 6.89. The van der Waals surface area contributed by atoms with Gasteiger partial charge in [0.1, 0.15) is 0 Å². The lowest BCUT2D eigenvalue weighted by atomic mass is 10.1. The van der Waals surface area contributed by atoms with Crippen molar-refractivity contribution < 1.29 is 0 Å². The molecule has 4 heteroatoms. The SMILES string of the molecule is C(#Cc1ccc(-c2ccccn2)nc1)c1ccc(C#Cc2ccc(-c3ccccn3)nc2)cc1. The number of aromatic nitrogens is 4. The molecule has 4 heterocycles. The molecule has 0 saturated carbocycles. The van der Waals surface area contributed by atoms with E-state index in [2.05, 4.69) is 43.6 Å². The van der Waals surface area contributed by atoms with E-state index in [-0.39, 0.29) is 0 Å². The summed E-state index contributed by atoms with van der Waals surface area (Å²) in [5.74, 6) is 12.7. The first-order valence-electron chi connectivity index (χ1n) is 10.7. The second-order valence-electron chi connectivity index (χ2n) is 7.37. The first-order valence-corrected chi connectivity index (χ1v) is 10.7. The average molecular weight is 435 g/mol. The summed E-state index contributed by atoms with van der Waals surface area (Å²) in [4.78, 5) is 17.5. The number of hydrogen-bond acceptors (Lipinski definition) is 4. The Morgan fingerprint density at radius 3 is 1.09 bits per heavy atom. The Kier molecular flexibility index (Phi) is 6.15. The molecular formula is C30H18N4. The van der Waals surface area contributed by atoms with Crippen molar-refractivity contribution in [3.8, 4) is 46.5 Å². The molecular weight excluding hydrogens is 416 g/mol. The molecule has 0 saturated heterocycles. The van der Waals surface area contributed by atoms with Crippen LogP contribution in [0.2, 0.25) is 0 Å². The monoisotopic (exact) mass is 434 g/mol. The highest BCUT2D eigenvalue weighted by Gasteiger charge is 2.00. The van der Waals surface area contributed by atoms with Crippen molar-refractivity contribution >= 4 is 0 Å². The van der Waals surface area contributed by atoms with Gasteiger partial charge in [-0.15, -0.1) is 0 Å². The van der Waals surface area contributed by atoms with Gasteiger partial charge < -0.3 is 0 Å². The maximum Gasteiger partial charge on any atom is 0.0887 e. The van der Waals surface area contributed by atoms with Gasteiger partial charge in [-0.3, -0.25) is 19.9 Å². The van der Waals surface area contributed by atoms with Crippen LogP contribution in [0.3, 0.4) is 0 Å². The molecule has 0 aliphatic carbocycles. The molecule has 5 aromatic rings. The fraction of sp³-hybridized carbons (Fsp3) is 0. The summed E-state index contributed by atoms with van der Waals surface area (Å²) in [6, 6.07) is 27.2. The minimum atomic E-state index is 0.829. The maximum atomic E-state index is 4.46. The summed E-state index contributed by atoms with van der Waals surface area (Å²) in [6.45, 7) is 0. The Hall–Kier alpha value is -5.06. The van der Waals surface area contributed by atoms with Crippen LogP contribution in [-0.4, -0.2) is 19.9 Å². The van der Waals surface area contributed by atoms with Crippen LogP contribution in [-0.2, 0) is 0 Å². The van der Waals surface area contributed by atoms with E-state index < -0.39 is 0 Å². The third-order valence-electron chi connectivity index (χ3n) is 4.97. The van der Waals surface area contributed by atoms with Crippen LogP contribution in [0.1, 0.15) is 22.3 Å². The van der Waals surface area contributed by atoms with E-state index >= 15 is 0 Å². The van der Waals surface area contributed by atoms with Gasteiger partial charge in [-0.25, -0.2) is 0 Å². The Morgan fingerprint density at radius 2 is 0.735 bits per heavy atom. The van der Waals surface area contributed by atoms with E-state index in [0.717, 1.165) is 45.0 Å². The normalized spacial score (nSPS) is 9.88. The van der Waals surface area contributed by atoms with Crippen LogP contribution < -0.4 is 0 Å². The van der Waals surface area contributed by atoms with Crippen molar-refractivity contribution in [3.05, 3.63) is 132 Å². The molecule has 0 radical (unpaired) electrons. The highest BCUT2D eigenvalue weighted by atomic mass is 14.8. The zero-order valence-electron chi connectivity index (χ0n) is 18.2. The molecule has 0 fully saturated rings. The van der Waals surface area contributed by atoms with Gasteiger partial charge in [0, 0.05) is 47.0 Å². The number of rotatable bonds is 2. The Labute approximate surface area is 198 Å². The number of pyridine rings is 4. The quantitative estimate of drug-likeness (QED) is 0.349. The highest BCUT2D eigenvalue weighted by molar-refractivity contribution is 5.56. The molecule has 34 heavy (non-hydrogen) atoms. The second kappa shape index (κ2) is 10.0. The van der Waals surface area contributed by atoms with Crippen molar-refractivity contribution in [2.24, 2.45) is 0 Å². The first-order chi connectivity index (χ1) is 16.8. The highest BCUT2D eigenvalue weighted by Crippen LogP contribution is 2.14. The molecule has 5 rings (SSSR count). The summed E-state index contributed by atoms with van der Waals surface area (Å²) >= 11 is 0. The van der Waals surface area contributed by atoms with Gasteiger partial charge >= 0.3 is 0 Å². The van der Waals surface area contributed by atoms with Crippen LogP contribution in [0, 0.1) is 23.7 Å². The third kappa shape index (κ3) is 5.22. The zero-order valence-corrected chi connectivity index (χ0v) is 18.2. The van der Waals surface area contributed by atoms with E-state index in [4.69, 9.17) is 0 Å². The van der Waals surface area contributed by atoms with Crippen LogP contribution in [0.5, 0.6) is 0 Å². The Balaban J connectivity index is 1.24. The predicted octanol–water partition coefficient (Wildman–Crippen LogP) is 5.40. The van der Waals surface area contributed by atoms with Crippen molar-refractivity contribution in [2.45, 2.75) is 0 Å². The van der Waals surface area contributed by atoms with E-state index in [1.165, 1.54) is 0 Å². The second-order valence-corrected chi connectivity index (χ2v) is 7.37. The molecule has 0 atom stereocenters. The largest absolute Gasteiger partial charge is 0.255 e. The standard InChI is InChI=1S/C30H18N4/c1-3-19-31-27(5-1)29-17-15-25(21-33-29)13-11-23-7-9-24(10-8-23)12-14-26-16-18-30(34-22-26)28-6-2-4-20-32-28/h1-10,15-22H. The molecule has 0 N–H and O–H groups in total. The van der Waals surface area contributed by atoms with Crippen LogP contribution in [0.15, 0.2) is 110 Å². The van der Waals surface area contributed by atoms with E-state index in [9.17, 15) is 0 Å². The number of hydrogen-bond donors (Lipinski definition) is 0. The van der Waals surface area contributed by atoms with Gasteiger partial charge in [0.2, 0.25) is 0 Å². The summed E-state index contributed by atoms with van der Waals surface area (Å²) in [6.07, 6.45) is 7.05. The van der Waals surface area contributed by atoms with Gasteiger partial charge in [0.15, 0.2) is 0 Å². The molecule has 0 amide bonds. The fourth-order valence-electron chi connectivity index (χ4n) is 3.19. The van der Waals surface area contributed by atoms with E-state index in [1.807, 2.05) is 84.9 Å². The van der Waals surface area contributed by atoms with Crippen LogP contribution >= 0.6 is 0 Å². The fourth-order valence-corrected chi connectivity index (χ4v) is 3.19. The summed E-state index contributed by atoms with van der Waals surface area (Å²) in [7, 11) is 0. The van der Waals surface area contributed by atoms with Crippen molar-refractivity contribution in [3.63, 3.8) is 0 Å². The lowest BCUT2D eigenvalue weighted by Crippen LogP contribution is -1.87. The van der Waals surface area contributed by atoms with Crippen LogP contribution in [0.4, 0.5) is 0 Å². The molecule has 0 unspecified atom stereocenters. The average Bonchev–Trinajstić information content (AvgIpc) is 2.93. The van der Waals surface area contributed by atoms with Gasteiger partial charge in [-0.2, -0.15) is 0 Å². The minimum Gasteiger partial charge on any atom is -0.255 e. The topological polar surface area (TPSA) is 51.6 Å². The Bertz CT molecular complexity index is 1380. The van der Waals surface area contributed by atoms with Gasteiger partial charge in [-0.1, -0.05) is 35.8 Å². The molecule has 4 nitrogen and oxygen atoms in total. The zero-order chi connectivity index (χ0) is 23.0. The molecule has 0 aliphatic heterocycles. The lowest BCUT2D eigenvalue weighted by Gasteiger charge is -1.99. The molecule has 4 aromatic heterocycles. The van der Waals surface area contributed by atoms with Crippen molar-refractivity contribution in [1.29, 1.82) is 0 Å². The van der Waals surface area contributed by atoms with E-state index in [0.29, 0.717) is 0 Å². The molecule has 158 valence electrons. The van der Waals surface area contributed by atoms with Crippen LogP contribution in [0.25, 0.3) is 22.8 Å². The van der Waals surface area contributed by atoms with Gasteiger partial charge in [-0.05, 0) is 72.8 Å². The molecule has 0 aliphatic rings. The minimum absolute atomic E-state index is 0.829. The van der Waals surface area contributed by atoms with E-state index in [1.54, 1.807) is 24.8 Å².